The molecular formula is C15H21N3OS. The van der Waals surface area contributed by atoms with Crippen LogP contribution in [0.25, 0.3) is 0 Å². The second-order valence-corrected chi connectivity index (χ2v) is 6.83. The van der Waals surface area contributed by atoms with E-state index >= 15 is 0 Å². The van der Waals surface area contributed by atoms with Crippen molar-refractivity contribution < 1.29 is 4.74 Å². The lowest BCUT2D eigenvalue weighted by molar-refractivity contribution is 0.302. The maximum absolute atomic E-state index is 5.83. The average Bonchev–Trinajstić information content (AvgIpc) is 2.84. The first-order chi connectivity index (χ1) is 9.40. The van der Waals surface area contributed by atoms with Gasteiger partial charge in [0.25, 0.3) is 0 Å². The summed E-state index contributed by atoms with van der Waals surface area (Å²) in [5.41, 5.74) is 2.62. The molecule has 0 aliphatic carbocycles. The third-order valence-corrected chi connectivity index (χ3v) is 3.99. The van der Waals surface area contributed by atoms with Gasteiger partial charge in [0.2, 0.25) is 5.13 Å². The summed E-state index contributed by atoms with van der Waals surface area (Å²) in [5.74, 6) is 0.902. The van der Waals surface area contributed by atoms with E-state index in [1.807, 2.05) is 13.1 Å². The highest BCUT2D eigenvalue weighted by atomic mass is 32.1. The Balaban J connectivity index is 2.06. The molecule has 1 aromatic heterocycles. The number of rotatable bonds is 4. The minimum Gasteiger partial charge on any atom is -0.486 e. The molecule has 5 heteroatoms. The summed E-state index contributed by atoms with van der Waals surface area (Å²) in [6, 6.07) is 6.35. The number of aryl methyl sites for hydroxylation is 1. The quantitative estimate of drug-likeness (QED) is 0.931. The number of hydrogen-bond acceptors (Lipinski definition) is 5. The van der Waals surface area contributed by atoms with Crippen molar-refractivity contribution in [3.63, 3.8) is 0 Å². The lowest BCUT2D eigenvalue weighted by atomic mass is 9.86. The number of anilines is 1. The molecule has 4 nitrogen and oxygen atoms in total. The smallest absolute Gasteiger partial charge is 0.205 e. The van der Waals surface area contributed by atoms with Crippen molar-refractivity contribution in [2.45, 2.75) is 39.7 Å². The van der Waals surface area contributed by atoms with Crippen molar-refractivity contribution in [2.24, 2.45) is 0 Å². The molecule has 0 aliphatic heterocycles. The first-order valence-corrected chi connectivity index (χ1v) is 7.46. The van der Waals surface area contributed by atoms with Gasteiger partial charge in [-0.15, -0.1) is 10.2 Å². The Kier molecular flexibility index (Phi) is 4.28. The molecule has 0 unspecified atom stereocenters. The molecule has 2 rings (SSSR count). The largest absolute Gasteiger partial charge is 0.486 e. The molecule has 0 saturated carbocycles. The van der Waals surface area contributed by atoms with Crippen LogP contribution in [-0.2, 0) is 12.0 Å². The summed E-state index contributed by atoms with van der Waals surface area (Å²) in [4.78, 5) is 0. The van der Waals surface area contributed by atoms with Crippen LogP contribution in [0.3, 0.4) is 0 Å². The molecule has 0 atom stereocenters. The fourth-order valence-corrected chi connectivity index (χ4v) is 2.44. The van der Waals surface area contributed by atoms with E-state index in [2.05, 4.69) is 55.3 Å². The SMILES string of the molecule is CNc1nnc(COc2ccc(C(C)(C)C)cc2C)s1. The first-order valence-electron chi connectivity index (χ1n) is 6.64. The molecule has 108 valence electrons. The van der Waals surface area contributed by atoms with Crippen LogP contribution in [0.5, 0.6) is 5.75 Å². The zero-order valence-electron chi connectivity index (χ0n) is 12.7. The second-order valence-electron chi connectivity index (χ2n) is 5.77. The van der Waals surface area contributed by atoms with E-state index in [9.17, 15) is 0 Å². The Morgan fingerprint density at radius 1 is 1.25 bits per heavy atom. The predicted molar refractivity (Wildman–Crippen MR) is 83.7 cm³/mol. The first kappa shape index (κ1) is 14.8. The molecule has 0 aliphatic rings. The van der Waals surface area contributed by atoms with Crippen molar-refractivity contribution in [3.8, 4) is 5.75 Å². The van der Waals surface area contributed by atoms with E-state index in [0.29, 0.717) is 6.61 Å². The zero-order valence-corrected chi connectivity index (χ0v) is 13.5. The maximum atomic E-state index is 5.83. The topological polar surface area (TPSA) is 47.0 Å². The van der Waals surface area contributed by atoms with Crippen molar-refractivity contribution in [1.82, 2.24) is 10.2 Å². The maximum Gasteiger partial charge on any atom is 0.205 e. The van der Waals surface area contributed by atoms with Crippen LogP contribution >= 0.6 is 11.3 Å². The van der Waals surface area contributed by atoms with Gasteiger partial charge < -0.3 is 10.1 Å². The van der Waals surface area contributed by atoms with Crippen LogP contribution < -0.4 is 10.1 Å². The number of nitrogens with one attached hydrogen (secondary N) is 1. The van der Waals surface area contributed by atoms with E-state index in [1.54, 1.807) is 0 Å². The van der Waals surface area contributed by atoms with E-state index in [0.717, 1.165) is 21.5 Å². The zero-order chi connectivity index (χ0) is 14.8. The van der Waals surface area contributed by atoms with Crippen molar-refractivity contribution in [1.29, 1.82) is 0 Å². The van der Waals surface area contributed by atoms with Crippen LogP contribution in [0.1, 0.15) is 36.9 Å². The molecule has 0 bridgehead atoms. The van der Waals surface area contributed by atoms with Gasteiger partial charge in [0.15, 0.2) is 5.01 Å². The van der Waals surface area contributed by atoms with Gasteiger partial charge in [0.05, 0.1) is 0 Å². The molecule has 0 amide bonds. The Bertz CT molecular complexity index is 587. The van der Waals surface area contributed by atoms with Crippen molar-refractivity contribution >= 4 is 16.5 Å². The van der Waals surface area contributed by atoms with Gasteiger partial charge in [-0.3, -0.25) is 0 Å². The highest BCUT2D eigenvalue weighted by Crippen LogP contribution is 2.28. The number of benzene rings is 1. The Morgan fingerprint density at radius 3 is 2.55 bits per heavy atom. The van der Waals surface area contributed by atoms with Gasteiger partial charge in [-0.25, -0.2) is 0 Å². The van der Waals surface area contributed by atoms with Crippen LogP contribution in [0.4, 0.5) is 5.13 Å². The Morgan fingerprint density at radius 2 is 2.00 bits per heavy atom. The number of hydrogen-bond donors (Lipinski definition) is 1. The highest BCUT2D eigenvalue weighted by molar-refractivity contribution is 7.15. The molecule has 0 saturated heterocycles. The van der Waals surface area contributed by atoms with Crippen LogP contribution in [0.15, 0.2) is 18.2 Å². The normalized spacial score (nSPS) is 11.4. The minimum absolute atomic E-state index is 0.157. The molecule has 1 heterocycles. The third-order valence-electron chi connectivity index (χ3n) is 3.07. The third kappa shape index (κ3) is 3.48. The average molecular weight is 291 g/mol. The molecule has 0 radical (unpaired) electrons. The molecule has 1 aromatic carbocycles. The summed E-state index contributed by atoms with van der Waals surface area (Å²) in [7, 11) is 1.83. The lowest BCUT2D eigenvalue weighted by Crippen LogP contribution is -2.11. The van der Waals surface area contributed by atoms with Crippen LogP contribution in [0.2, 0.25) is 0 Å². The summed E-state index contributed by atoms with van der Waals surface area (Å²) in [5, 5.41) is 12.7. The monoisotopic (exact) mass is 291 g/mol. The molecule has 0 fully saturated rings. The molecule has 1 N–H and O–H groups in total. The summed E-state index contributed by atoms with van der Waals surface area (Å²) >= 11 is 1.51. The standard InChI is InChI=1S/C15H21N3OS/c1-10-8-11(15(2,3)4)6-7-12(10)19-9-13-17-18-14(16-5)20-13/h6-8H,9H2,1-5H3,(H,16,18). The fraction of sp³-hybridized carbons (Fsp3) is 0.467. The summed E-state index contributed by atoms with van der Waals surface area (Å²) in [6.45, 7) is 9.16. The molecule has 0 spiro atoms. The highest BCUT2D eigenvalue weighted by Gasteiger charge is 2.15. The van der Waals surface area contributed by atoms with E-state index < -0.39 is 0 Å². The summed E-state index contributed by atoms with van der Waals surface area (Å²) in [6.07, 6.45) is 0. The van der Waals surface area contributed by atoms with Gasteiger partial charge in [-0.05, 0) is 29.5 Å². The Hall–Kier alpha value is -1.62. The Labute approximate surface area is 124 Å². The lowest BCUT2D eigenvalue weighted by Gasteiger charge is -2.20. The van der Waals surface area contributed by atoms with Gasteiger partial charge in [-0.1, -0.05) is 44.2 Å². The van der Waals surface area contributed by atoms with E-state index in [-0.39, 0.29) is 5.41 Å². The van der Waals surface area contributed by atoms with Gasteiger partial charge in [0, 0.05) is 7.05 Å². The number of ether oxygens (including phenoxy) is 1. The molecule has 2 aromatic rings. The van der Waals surface area contributed by atoms with Gasteiger partial charge in [-0.2, -0.15) is 0 Å². The number of nitrogens with zero attached hydrogens (tertiary/aromatic N) is 2. The van der Waals surface area contributed by atoms with Crippen molar-refractivity contribution in [2.75, 3.05) is 12.4 Å². The number of aromatic nitrogens is 2. The molecule has 20 heavy (non-hydrogen) atoms. The van der Waals surface area contributed by atoms with Gasteiger partial charge in [0.1, 0.15) is 12.4 Å². The van der Waals surface area contributed by atoms with E-state index in [1.165, 1.54) is 16.9 Å². The van der Waals surface area contributed by atoms with Crippen LogP contribution in [-0.4, -0.2) is 17.2 Å². The second kappa shape index (κ2) is 5.79. The van der Waals surface area contributed by atoms with Crippen LogP contribution in [0, 0.1) is 6.92 Å². The predicted octanol–water partition coefficient (Wildman–Crippen LogP) is 3.76. The fourth-order valence-electron chi connectivity index (χ4n) is 1.83. The summed E-state index contributed by atoms with van der Waals surface area (Å²) < 4.78 is 5.83. The van der Waals surface area contributed by atoms with E-state index in [4.69, 9.17) is 4.74 Å². The molecular weight excluding hydrogens is 270 g/mol. The minimum atomic E-state index is 0.157. The van der Waals surface area contributed by atoms with Crippen molar-refractivity contribution in [3.05, 3.63) is 34.3 Å². The van der Waals surface area contributed by atoms with Gasteiger partial charge >= 0.3 is 0 Å².